The summed E-state index contributed by atoms with van der Waals surface area (Å²) in [5, 5.41) is 18.1. The Bertz CT molecular complexity index is 358. The van der Waals surface area contributed by atoms with Crippen LogP contribution in [0.1, 0.15) is 31.9 Å². The second-order valence-corrected chi connectivity index (χ2v) is 3.96. The van der Waals surface area contributed by atoms with Crippen molar-refractivity contribution >= 4 is 0 Å². The molecule has 0 radical (unpaired) electrons. The molecule has 0 aromatic carbocycles. The van der Waals surface area contributed by atoms with Crippen molar-refractivity contribution in [2.45, 2.75) is 26.2 Å². The van der Waals surface area contributed by atoms with E-state index in [9.17, 15) is 5.11 Å². The Balaban J connectivity index is 3.29. The largest absolute Gasteiger partial charge is 0.493 e. The van der Waals surface area contributed by atoms with Crippen molar-refractivity contribution in [3.8, 4) is 11.9 Å². The van der Waals surface area contributed by atoms with Crippen molar-refractivity contribution in [1.82, 2.24) is 4.98 Å². The zero-order chi connectivity index (χ0) is 10.1. The van der Waals surface area contributed by atoms with E-state index in [0.717, 1.165) is 0 Å². The molecule has 3 nitrogen and oxygen atoms in total. The number of aromatic hydroxyl groups is 1. The summed E-state index contributed by atoms with van der Waals surface area (Å²) in [6.45, 7) is 5.89. The van der Waals surface area contributed by atoms with E-state index in [1.165, 1.54) is 6.20 Å². The summed E-state index contributed by atoms with van der Waals surface area (Å²) < 4.78 is 0. The molecule has 1 aromatic heterocycles. The molecule has 0 aliphatic heterocycles. The normalized spacial score (nSPS) is 10.9. The summed E-state index contributed by atoms with van der Waals surface area (Å²) in [5.74, 6) is 0.00602. The Morgan fingerprint density at radius 2 is 2.08 bits per heavy atom. The quantitative estimate of drug-likeness (QED) is 0.657. The minimum atomic E-state index is -0.191. The molecule has 1 rings (SSSR count). The molecular weight excluding hydrogens is 164 g/mol. The van der Waals surface area contributed by atoms with E-state index < -0.39 is 0 Å². The highest BCUT2D eigenvalue weighted by Crippen LogP contribution is 2.28. The number of pyridine rings is 1. The first-order valence-corrected chi connectivity index (χ1v) is 4.05. The predicted molar refractivity (Wildman–Crippen MR) is 49.3 cm³/mol. The fourth-order valence-corrected chi connectivity index (χ4v) is 1.07. The number of aromatic nitrogens is 1. The van der Waals surface area contributed by atoms with Crippen LogP contribution in [-0.2, 0) is 5.41 Å². The molecule has 1 aromatic rings. The fourth-order valence-electron chi connectivity index (χ4n) is 1.07. The van der Waals surface area contributed by atoms with Crippen LogP contribution in [0.3, 0.4) is 0 Å². The third-order valence-electron chi connectivity index (χ3n) is 1.80. The van der Waals surface area contributed by atoms with Gasteiger partial charge in [-0.05, 0) is 11.5 Å². The summed E-state index contributed by atoms with van der Waals surface area (Å²) in [6, 6.07) is 3.66. The molecule has 0 saturated heterocycles. The van der Waals surface area contributed by atoms with Gasteiger partial charge in [-0.25, -0.2) is 4.98 Å². The highest BCUT2D eigenvalue weighted by atomic mass is 16.3. The van der Waals surface area contributed by atoms with Crippen molar-refractivity contribution < 1.29 is 5.11 Å². The maximum Gasteiger partial charge on any atom is 0.214 e. The maximum atomic E-state index is 9.45. The molecule has 68 valence electrons. The number of nitrogens with zero attached hydrogens (tertiary/aromatic N) is 2. The van der Waals surface area contributed by atoms with Crippen LogP contribution in [0.2, 0.25) is 0 Å². The Morgan fingerprint density at radius 3 is 2.54 bits per heavy atom. The molecule has 1 heterocycles. The number of hydrogen-bond acceptors (Lipinski definition) is 3. The van der Waals surface area contributed by atoms with Gasteiger partial charge in [-0.2, -0.15) is 5.26 Å². The average molecular weight is 176 g/mol. The van der Waals surface area contributed by atoms with Crippen LogP contribution in [0.25, 0.3) is 0 Å². The summed E-state index contributed by atoms with van der Waals surface area (Å²) >= 11 is 0. The van der Waals surface area contributed by atoms with Crippen LogP contribution in [-0.4, -0.2) is 10.1 Å². The molecule has 0 spiro atoms. The lowest BCUT2D eigenvalue weighted by Crippen LogP contribution is -2.12. The van der Waals surface area contributed by atoms with Crippen LogP contribution < -0.4 is 0 Å². The number of rotatable bonds is 0. The van der Waals surface area contributed by atoms with E-state index >= 15 is 0 Å². The van der Waals surface area contributed by atoms with E-state index in [0.29, 0.717) is 11.1 Å². The molecule has 3 heteroatoms. The fraction of sp³-hybridized carbons (Fsp3) is 0.400. The smallest absolute Gasteiger partial charge is 0.214 e. The molecule has 0 aliphatic carbocycles. The zero-order valence-electron chi connectivity index (χ0n) is 8.00. The molecule has 0 atom stereocenters. The lowest BCUT2D eigenvalue weighted by Gasteiger charge is -2.19. The second-order valence-electron chi connectivity index (χ2n) is 3.96. The highest BCUT2D eigenvalue weighted by molar-refractivity contribution is 5.39. The number of nitriles is 1. The van der Waals surface area contributed by atoms with Crippen molar-refractivity contribution in [2.75, 3.05) is 0 Å². The first kappa shape index (κ1) is 9.53. The first-order valence-electron chi connectivity index (χ1n) is 4.05. The van der Waals surface area contributed by atoms with Gasteiger partial charge in [0.25, 0.3) is 0 Å². The highest BCUT2D eigenvalue weighted by Gasteiger charge is 2.19. The molecule has 0 aliphatic rings. The van der Waals surface area contributed by atoms with E-state index in [1.807, 2.05) is 26.8 Å². The average Bonchev–Trinajstić information content (AvgIpc) is 2.03. The van der Waals surface area contributed by atoms with Crippen LogP contribution in [0, 0.1) is 11.3 Å². The van der Waals surface area contributed by atoms with Crippen LogP contribution >= 0.6 is 0 Å². The topological polar surface area (TPSA) is 56.9 Å². The lowest BCUT2D eigenvalue weighted by atomic mass is 9.87. The van der Waals surface area contributed by atoms with Gasteiger partial charge in [0.2, 0.25) is 5.88 Å². The van der Waals surface area contributed by atoms with Crippen LogP contribution in [0.4, 0.5) is 0 Å². The summed E-state index contributed by atoms with van der Waals surface area (Å²) in [4.78, 5) is 3.75. The molecule has 0 fully saturated rings. The van der Waals surface area contributed by atoms with Gasteiger partial charge in [-0.1, -0.05) is 20.8 Å². The predicted octanol–water partition coefficient (Wildman–Crippen LogP) is 1.96. The maximum absolute atomic E-state index is 9.45. The Labute approximate surface area is 77.7 Å². The van der Waals surface area contributed by atoms with Gasteiger partial charge in [0.15, 0.2) is 0 Å². The van der Waals surface area contributed by atoms with Gasteiger partial charge in [-0.3, -0.25) is 0 Å². The minimum absolute atomic E-state index is 0.00602. The van der Waals surface area contributed by atoms with Crippen LogP contribution in [0.5, 0.6) is 5.88 Å². The molecule has 13 heavy (non-hydrogen) atoms. The van der Waals surface area contributed by atoms with E-state index in [-0.39, 0.29) is 11.3 Å². The van der Waals surface area contributed by atoms with Crippen molar-refractivity contribution in [3.63, 3.8) is 0 Å². The Hall–Kier alpha value is -1.56. The third kappa shape index (κ3) is 1.97. The second kappa shape index (κ2) is 3.06. The standard InChI is InChI=1S/C10H12N2O/c1-10(2,3)8-4-7(5-11)6-12-9(8)13/h4,6H,1-3H3,(H,12,13). The zero-order valence-corrected chi connectivity index (χ0v) is 8.00. The van der Waals surface area contributed by atoms with Gasteiger partial charge in [0.1, 0.15) is 6.07 Å². The Kier molecular flexibility index (Phi) is 2.24. The van der Waals surface area contributed by atoms with Gasteiger partial charge in [0.05, 0.1) is 5.56 Å². The van der Waals surface area contributed by atoms with E-state index in [1.54, 1.807) is 6.07 Å². The number of hydrogen-bond donors (Lipinski definition) is 1. The van der Waals surface area contributed by atoms with Gasteiger partial charge in [0, 0.05) is 11.8 Å². The third-order valence-corrected chi connectivity index (χ3v) is 1.80. The van der Waals surface area contributed by atoms with Crippen molar-refractivity contribution in [3.05, 3.63) is 23.4 Å². The molecular formula is C10H12N2O. The van der Waals surface area contributed by atoms with Crippen molar-refractivity contribution in [1.29, 1.82) is 5.26 Å². The molecule has 0 unspecified atom stereocenters. The molecule has 1 N–H and O–H groups in total. The summed E-state index contributed by atoms with van der Waals surface area (Å²) in [6.07, 6.45) is 1.37. The van der Waals surface area contributed by atoms with Crippen LogP contribution in [0.15, 0.2) is 12.3 Å². The first-order chi connectivity index (χ1) is 5.95. The van der Waals surface area contributed by atoms with E-state index in [4.69, 9.17) is 5.26 Å². The minimum Gasteiger partial charge on any atom is -0.493 e. The SMILES string of the molecule is CC(C)(C)c1cc(C#N)cnc1O. The van der Waals surface area contributed by atoms with E-state index in [2.05, 4.69) is 4.98 Å². The van der Waals surface area contributed by atoms with Gasteiger partial charge in [-0.15, -0.1) is 0 Å². The molecule has 0 bridgehead atoms. The lowest BCUT2D eigenvalue weighted by molar-refractivity contribution is 0.426. The van der Waals surface area contributed by atoms with Crippen molar-refractivity contribution in [2.24, 2.45) is 0 Å². The molecule has 0 saturated carbocycles. The summed E-state index contributed by atoms with van der Waals surface area (Å²) in [7, 11) is 0. The Morgan fingerprint density at radius 1 is 1.46 bits per heavy atom. The summed E-state index contributed by atoms with van der Waals surface area (Å²) in [5.41, 5.74) is 0.985. The monoisotopic (exact) mass is 176 g/mol. The molecule has 0 amide bonds. The van der Waals surface area contributed by atoms with Gasteiger partial charge >= 0.3 is 0 Å². The van der Waals surface area contributed by atoms with Gasteiger partial charge < -0.3 is 5.11 Å².